The summed E-state index contributed by atoms with van der Waals surface area (Å²) < 4.78 is 4.64. The third kappa shape index (κ3) is 3.23. The van der Waals surface area contributed by atoms with E-state index in [4.69, 9.17) is 11.6 Å². The summed E-state index contributed by atoms with van der Waals surface area (Å²) in [4.78, 5) is 28.9. The lowest BCUT2D eigenvalue weighted by atomic mass is 10.2. The first-order valence-corrected chi connectivity index (χ1v) is 6.33. The van der Waals surface area contributed by atoms with E-state index in [0.29, 0.717) is 0 Å². The van der Waals surface area contributed by atoms with Crippen molar-refractivity contribution in [1.29, 1.82) is 0 Å². The summed E-state index contributed by atoms with van der Waals surface area (Å²) >= 11 is 5.78. The third-order valence-corrected chi connectivity index (χ3v) is 2.81. The number of nitrogens with zero attached hydrogens (tertiary/aromatic N) is 3. The van der Waals surface area contributed by atoms with Gasteiger partial charge in [-0.3, -0.25) is 15.5 Å². The van der Waals surface area contributed by atoms with Crippen molar-refractivity contribution in [2.24, 2.45) is 0 Å². The lowest BCUT2D eigenvalue weighted by molar-refractivity contribution is -0.384. The highest BCUT2D eigenvalue weighted by Crippen LogP contribution is 2.32. The first kappa shape index (κ1) is 15.5. The molecule has 0 aliphatic carbocycles. The van der Waals surface area contributed by atoms with Crippen LogP contribution in [0.3, 0.4) is 0 Å². The van der Waals surface area contributed by atoms with Gasteiger partial charge >= 0.3 is 12.1 Å². The standard InChI is InChI=1S/C11H10ClN5O5/c1-2-22-11(19)16-15-9-5-3-8(17(20)21)6(12)4-7(5)13-10(18)14-9/h3-4H,2H2,1H3,(H,16,19)(H2,13,14,15,18). The van der Waals surface area contributed by atoms with Crippen molar-refractivity contribution in [3.63, 3.8) is 0 Å². The lowest BCUT2D eigenvalue weighted by Gasteiger charge is -2.10. The van der Waals surface area contributed by atoms with E-state index < -0.39 is 17.0 Å². The maximum atomic E-state index is 11.2. The van der Waals surface area contributed by atoms with Crippen LogP contribution in [0, 0.1) is 10.1 Å². The van der Waals surface area contributed by atoms with Gasteiger partial charge in [-0.05, 0) is 13.0 Å². The van der Waals surface area contributed by atoms with Gasteiger partial charge in [-0.2, -0.15) is 9.97 Å². The second kappa shape index (κ2) is 6.26. The SMILES string of the molecule is CCOC(=O)NNc1nc(O)nc2cc(Cl)c([N+](=O)[O-])cc12. The summed E-state index contributed by atoms with van der Waals surface area (Å²) in [6, 6.07) is 1.75. The Labute approximate surface area is 128 Å². The first-order chi connectivity index (χ1) is 10.4. The molecule has 1 aromatic heterocycles. The molecule has 3 N–H and O–H groups in total. The van der Waals surface area contributed by atoms with E-state index in [1.54, 1.807) is 6.92 Å². The van der Waals surface area contributed by atoms with Crippen LogP contribution < -0.4 is 10.9 Å². The van der Waals surface area contributed by atoms with Crippen LogP contribution in [0.15, 0.2) is 12.1 Å². The number of fused-ring (bicyclic) bond motifs is 1. The zero-order valence-electron chi connectivity index (χ0n) is 11.2. The van der Waals surface area contributed by atoms with Crippen LogP contribution in [-0.2, 0) is 4.74 Å². The van der Waals surface area contributed by atoms with Gasteiger partial charge in [0.25, 0.3) is 5.69 Å². The molecule has 0 unspecified atom stereocenters. The molecule has 1 aromatic carbocycles. The van der Waals surface area contributed by atoms with Crippen LogP contribution in [0.25, 0.3) is 10.9 Å². The highest BCUT2D eigenvalue weighted by Gasteiger charge is 2.18. The molecule has 1 heterocycles. The lowest BCUT2D eigenvalue weighted by Crippen LogP contribution is -2.30. The summed E-state index contributed by atoms with van der Waals surface area (Å²) in [6.07, 6.45) is -0.780. The van der Waals surface area contributed by atoms with Crippen molar-refractivity contribution < 1.29 is 19.6 Å². The maximum Gasteiger partial charge on any atom is 0.425 e. The molecule has 0 bridgehead atoms. The number of hydrogen-bond acceptors (Lipinski definition) is 8. The Morgan fingerprint density at radius 1 is 1.50 bits per heavy atom. The number of halogens is 1. The van der Waals surface area contributed by atoms with Gasteiger partial charge in [0.2, 0.25) is 0 Å². The van der Waals surface area contributed by atoms with Crippen LogP contribution in [0.1, 0.15) is 6.92 Å². The van der Waals surface area contributed by atoms with Crippen LogP contribution in [0.5, 0.6) is 6.01 Å². The number of nitro groups is 1. The largest absolute Gasteiger partial charge is 0.479 e. The first-order valence-electron chi connectivity index (χ1n) is 5.95. The number of carbonyl (C=O) groups excluding carboxylic acids is 1. The maximum absolute atomic E-state index is 11.2. The van der Waals surface area contributed by atoms with E-state index in [0.717, 1.165) is 6.07 Å². The topological polar surface area (TPSA) is 140 Å². The molecule has 0 aliphatic heterocycles. The van der Waals surface area contributed by atoms with Crippen molar-refractivity contribution in [2.45, 2.75) is 6.92 Å². The van der Waals surface area contributed by atoms with Gasteiger partial charge in [-0.15, -0.1) is 0 Å². The van der Waals surface area contributed by atoms with Gasteiger partial charge in [0, 0.05) is 6.07 Å². The number of nitrogens with one attached hydrogen (secondary N) is 2. The van der Waals surface area contributed by atoms with Gasteiger partial charge < -0.3 is 9.84 Å². The number of aromatic nitrogens is 2. The minimum Gasteiger partial charge on any atom is -0.479 e. The molecule has 0 atom stereocenters. The molecular formula is C11H10ClN5O5. The van der Waals surface area contributed by atoms with Gasteiger partial charge in [0.15, 0.2) is 5.82 Å². The number of benzene rings is 1. The average molecular weight is 328 g/mol. The van der Waals surface area contributed by atoms with Crippen molar-refractivity contribution in [1.82, 2.24) is 15.4 Å². The smallest absolute Gasteiger partial charge is 0.425 e. The predicted octanol–water partition coefficient (Wildman–Crippen LogP) is 1.97. The molecule has 0 saturated heterocycles. The average Bonchev–Trinajstić information content (AvgIpc) is 2.43. The number of hydrogen-bond donors (Lipinski definition) is 3. The quantitative estimate of drug-likeness (QED) is 0.572. The molecule has 116 valence electrons. The minimum atomic E-state index is -0.780. The molecule has 0 radical (unpaired) electrons. The van der Waals surface area contributed by atoms with Crippen molar-refractivity contribution in [2.75, 3.05) is 12.0 Å². The number of carbonyl (C=O) groups is 1. The summed E-state index contributed by atoms with van der Waals surface area (Å²) in [5.41, 5.74) is 4.37. The Morgan fingerprint density at radius 2 is 2.23 bits per heavy atom. The predicted molar refractivity (Wildman–Crippen MR) is 76.6 cm³/mol. The minimum absolute atomic E-state index is 0.0460. The molecule has 11 heteroatoms. The van der Waals surface area contributed by atoms with E-state index in [1.807, 2.05) is 0 Å². The Balaban J connectivity index is 2.45. The highest BCUT2D eigenvalue weighted by molar-refractivity contribution is 6.33. The fourth-order valence-corrected chi connectivity index (χ4v) is 1.87. The van der Waals surface area contributed by atoms with Crippen LogP contribution in [0.4, 0.5) is 16.3 Å². The second-order valence-corrected chi connectivity index (χ2v) is 4.33. The zero-order chi connectivity index (χ0) is 16.3. The molecule has 0 saturated carbocycles. The normalized spacial score (nSPS) is 10.3. The number of amides is 1. The van der Waals surface area contributed by atoms with E-state index in [9.17, 15) is 20.0 Å². The van der Waals surface area contributed by atoms with Crippen LogP contribution >= 0.6 is 11.6 Å². The molecule has 2 rings (SSSR count). The molecule has 2 aromatic rings. The summed E-state index contributed by atoms with van der Waals surface area (Å²) in [5, 5.41) is 20.4. The number of nitro benzene ring substituents is 1. The summed E-state index contributed by atoms with van der Waals surface area (Å²) in [7, 11) is 0. The fourth-order valence-electron chi connectivity index (χ4n) is 1.64. The van der Waals surface area contributed by atoms with E-state index in [-0.39, 0.29) is 34.0 Å². The monoisotopic (exact) mass is 327 g/mol. The third-order valence-electron chi connectivity index (χ3n) is 2.51. The summed E-state index contributed by atoms with van der Waals surface area (Å²) in [5.74, 6) is -0.0460. The molecule has 22 heavy (non-hydrogen) atoms. The molecule has 0 aliphatic rings. The second-order valence-electron chi connectivity index (χ2n) is 3.92. The fraction of sp³-hybridized carbons (Fsp3) is 0.182. The Morgan fingerprint density at radius 3 is 2.86 bits per heavy atom. The van der Waals surface area contributed by atoms with E-state index in [1.165, 1.54) is 6.07 Å². The Hall–Kier alpha value is -2.88. The number of anilines is 1. The van der Waals surface area contributed by atoms with Gasteiger partial charge in [0.05, 0.1) is 22.4 Å². The number of hydrazine groups is 1. The number of rotatable bonds is 4. The highest BCUT2D eigenvalue weighted by atomic mass is 35.5. The van der Waals surface area contributed by atoms with Gasteiger partial charge in [-0.1, -0.05) is 11.6 Å². The van der Waals surface area contributed by atoms with Gasteiger partial charge in [-0.25, -0.2) is 10.2 Å². The molecule has 1 amide bonds. The number of aromatic hydroxyl groups is 1. The Bertz CT molecular complexity index is 753. The zero-order valence-corrected chi connectivity index (χ0v) is 11.9. The summed E-state index contributed by atoms with van der Waals surface area (Å²) in [6.45, 7) is 1.78. The molecule has 10 nitrogen and oxygen atoms in total. The van der Waals surface area contributed by atoms with Crippen LogP contribution in [0.2, 0.25) is 5.02 Å². The molecule has 0 spiro atoms. The molecular weight excluding hydrogens is 318 g/mol. The van der Waals surface area contributed by atoms with Crippen LogP contribution in [-0.4, -0.2) is 32.7 Å². The molecule has 0 fully saturated rings. The van der Waals surface area contributed by atoms with Crippen molar-refractivity contribution in [3.05, 3.63) is 27.3 Å². The van der Waals surface area contributed by atoms with E-state index in [2.05, 4.69) is 25.6 Å². The van der Waals surface area contributed by atoms with Gasteiger partial charge in [0.1, 0.15) is 5.02 Å². The number of ether oxygens (including phenoxy) is 1. The van der Waals surface area contributed by atoms with Crippen molar-refractivity contribution in [3.8, 4) is 6.01 Å². The Kier molecular flexibility index (Phi) is 4.41. The van der Waals surface area contributed by atoms with E-state index >= 15 is 0 Å². The van der Waals surface area contributed by atoms with Crippen molar-refractivity contribution >= 4 is 40.1 Å².